The number of rotatable bonds is 12. The predicted octanol–water partition coefficient (Wildman–Crippen LogP) is 5.92. The molecule has 262 valence electrons. The van der Waals surface area contributed by atoms with Gasteiger partial charge in [-0.1, -0.05) is 79.7 Å². The molecule has 0 radical (unpaired) electrons. The van der Waals surface area contributed by atoms with E-state index in [1.54, 1.807) is 0 Å². The van der Waals surface area contributed by atoms with Crippen molar-refractivity contribution >= 4 is 17.8 Å². The Morgan fingerprint density at radius 3 is 2.31 bits per heavy atom. The summed E-state index contributed by atoms with van der Waals surface area (Å²) in [6.45, 7) is 9.36. The lowest BCUT2D eigenvalue weighted by Crippen LogP contribution is -2.48. The lowest BCUT2D eigenvalue weighted by molar-refractivity contribution is -0.276. The van der Waals surface area contributed by atoms with Crippen LogP contribution in [-0.2, 0) is 41.7 Å². The number of nitrogens with zero attached hydrogens (tertiary/aromatic N) is 1. The number of nitrogens with one attached hydrogen (secondary N) is 1. The molecule has 3 aromatic carbocycles. The van der Waals surface area contributed by atoms with Crippen molar-refractivity contribution in [3.8, 4) is 11.1 Å². The first kappa shape index (κ1) is 36.2. The van der Waals surface area contributed by atoms with Crippen LogP contribution >= 0.6 is 0 Å². The van der Waals surface area contributed by atoms with Crippen LogP contribution in [0.1, 0.15) is 88.0 Å². The van der Waals surface area contributed by atoms with Crippen LogP contribution in [0.4, 0.5) is 0 Å². The number of hydrogen-bond donors (Lipinski definition) is 3. The third kappa shape index (κ3) is 9.54. The van der Waals surface area contributed by atoms with Gasteiger partial charge in [0, 0.05) is 31.0 Å². The molecule has 5 unspecified atom stereocenters. The Hall–Kier alpha value is -4.09. The summed E-state index contributed by atoms with van der Waals surface area (Å²) in [6.07, 6.45) is 0.182. The summed E-state index contributed by atoms with van der Waals surface area (Å²) < 4.78 is 19.1. The lowest BCUT2D eigenvalue weighted by atomic mass is 9.89. The maximum atomic E-state index is 13.1. The van der Waals surface area contributed by atoms with Crippen LogP contribution in [0.2, 0.25) is 0 Å². The number of likely N-dealkylation sites (tertiary alicyclic amines) is 1. The Balaban J connectivity index is 1.36. The van der Waals surface area contributed by atoms with Gasteiger partial charge in [-0.15, -0.1) is 0 Å². The van der Waals surface area contributed by atoms with Crippen molar-refractivity contribution < 1.29 is 38.8 Å². The zero-order chi connectivity index (χ0) is 35.1. The minimum Gasteiger partial charge on any atom is -0.481 e. The number of aliphatic hydroxyl groups is 1. The number of ether oxygens (including phenoxy) is 3. The van der Waals surface area contributed by atoms with Crippen LogP contribution in [0.15, 0.2) is 72.8 Å². The van der Waals surface area contributed by atoms with E-state index >= 15 is 0 Å². The molecular weight excluding hydrogens is 624 g/mol. The zero-order valence-corrected chi connectivity index (χ0v) is 28.8. The number of carboxylic acid groups (broad SMARTS) is 1. The molecule has 1 amide bonds. The standard InChI is InChI=1S/C39H48N2O8/c1-25-33(23-41-21-7-10-32(41)37(46)49-39(2,3)4)47-38(48-36(25)28-13-11-26(24-42)12-14-28)29-17-15-27(16-18-29)31-9-6-5-8-30(31)22-40-34(43)19-20-35(44)45/h5-6,8-9,11-18,25,32-33,36,38,42H,7,10,19-24H2,1-4H3,(H,40,43)(H,44,45). The van der Waals surface area contributed by atoms with Gasteiger partial charge < -0.3 is 29.7 Å². The van der Waals surface area contributed by atoms with Gasteiger partial charge >= 0.3 is 11.9 Å². The van der Waals surface area contributed by atoms with Crippen LogP contribution in [0.5, 0.6) is 0 Å². The van der Waals surface area contributed by atoms with Crippen LogP contribution < -0.4 is 5.32 Å². The number of aliphatic carboxylic acids is 1. The molecule has 3 aromatic rings. The van der Waals surface area contributed by atoms with Gasteiger partial charge in [0.05, 0.1) is 25.2 Å². The summed E-state index contributed by atoms with van der Waals surface area (Å²) in [6, 6.07) is 23.2. The van der Waals surface area contributed by atoms with E-state index in [4.69, 9.17) is 19.3 Å². The molecule has 2 heterocycles. The number of carbonyl (C=O) groups excluding carboxylic acids is 2. The molecule has 0 saturated carbocycles. The largest absolute Gasteiger partial charge is 0.481 e. The summed E-state index contributed by atoms with van der Waals surface area (Å²) in [4.78, 5) is 38.3. The SMILES string of the molecule is CC1C(CN2CCCC2C(=O)OC(C)(C)C)OC(c2ccc(-c3ccccc3CNC(=O)CCC(=O)O)cc2)OC1c1ccc(CO)cc1. The molecule has 2 saturated heterocycles. The van der Waals surface area contributed by atoms with Gasteiger partial charge in [0.2, 0.25) is 5.91 Å². The maximum absolute atomic E-state index is 13.1. The molecule has 5 atom stereocenters. The quantitative estimate of drug-likeness (QED) is 0.200. The minimum absolute atomic E-state index is 0.0343. The zero-order valence-electron chi connectivity index (χ0n) is 28.8. The number of hydrogen-bond acceptors (Lipinski definition) is 8. The number of benzene rings is 3. The monoisotopic (exact) mass is 672 g/mol. The predicted molar refractivity (Wildman–Crippen MR) is 184 cm³/mol. The molecule has 0 aliphatic carbocycles. The van der Waals surface area contributed by atoms with Crippen molar-refractivity contribution in [2.45, 2.75) is 96.7 Å². The molecule has 10 heteroatoms. The lowest BCUT2D eigenvalue weighted by Gasteiger charge is -2.43. The molecule has 5 rings (SSSR count). The van der Waals surface area contributed by atoms with Crippen molar-refractivity contribution in [1.29, 1.82) is 0 Å². The highest BCUT2D eigenvalue weighted by atomic mass is 16.7. The summed E-state index contributed by atoms with van der Waals surface area (Å²) in [5.41, 5.74) is 4.92. The molecule has 0 bridgehead atoms. The molecule has 3 N–H and O–H groups in total. The van der Waals surface area contributed by atoms with E-state index in [-0.39, 0.29) is 62.0 Å². The molecular formula is C39H48N2O8. The van der Waals surface area contributed by atoms with Crippen LogP contribution in [0.25, 0.3) is 11.1 Å². The van der Waals surface area contributed by atoms with E-state index in [1.165, 1.54) is 0 Å². The Morgan fingerprint density at radius 1 is 0.939 bits per heavy atom. The van der Waals surface area contributed by atoms with Crippen molar-refractivity contribution in [2.75, 3.05) is 13.1 Å². The molecule has 2 aliphatic heterocycles. The number of aliphatic hydroxyl groups excluding tert-OH is 1. The van der Waals surface area contributed by atoms with Crippen molar-refractivity contribution in [1.82, 2.24) is 10.2 Å². The van der Waals surface area contributed by atoms with Crippen LogP contribution in [0.3, 0.4) is 0 Å². The van der Waals surface area contributed by atoms with Gasteiger partial charge in [0.15, 0.2) is 6.29 Å². The fourth-order valence-corrected chi connectivity index (χ4v) is 6.52. The van der Waals surface area contributed by atoms with Crippen LogP contribution in [-0.4, -0.2) is 63.8 Å². The molecule has 0 spiro atoms. The van der Waals surface area contributed by atoms with E-state index in [9.17, 15) is 19.5 Å². The highest BCUT2D eigenvalue weighted by Gasteiger charge is 2.42. The molecule has 10 nitrogen and oxygen atoms in total. The fraction of sp³-hybridized carbons (Fsp3) is 0.462. The van der Waals surface area contributed by atoms with Gasteiger partial charge in [0.1, 0.15) is 11.6 Å². The first-order chi connectivity index (χ1) is 23.4. The third-order valence-electron chi connectivity index (χ3n) is 9.13. The van der Waals surface area contributed by atoms with Crippen molar-refractivity contribution in [3.63, 3.8) is 0 Å². The second kappa shape index (κ2) is 16.1. The number of carboxylic acids is 1. The van der Waals surface area contributed by atoms with Gasteiger partial charge in [-0.2, -0.15) is 0 Å². The highest BCUT2D eigenvalue weighted by molar-refractivity contribution is 5.81. The average molecular weight is 673 g/mol. The summed E-state index contributed by atoms with van der Waals surface area (Å²) >= 11 is 0. The Labute approximate surface area is 288 Å². The average Bonchev–Trinajstić information content (AvgIpc) is 3.55. The highest BCUT2D eigenvalue weighted by Crippen LogP contribution is 2.42. The summed E-state index contributed by atoms with van der Waals surface area (Å²) in [5.74, 6) is -1.55. The van der Waals surface area contributed by atoms with E-state index in [0.29, 0.717) is 6.54 Å². The number of esters is 1. The Bertz CT molecular complexity index is 1580. The number of amides is 1. The van der Waals surface area contributed by atoms with E-state index in [1.807, 2.05) is 93.6 Å². The maximum Gasteiger partial charge on any atom is 0.323 e. The first-order valence-corrected chi connectivity index (χ1v) is 17.1. The smallest absolute Gasteiger partial charge is 0.323 e. The second-order valence-corrected chi connectivity index (χ2v) is 14.0. The Kier molecular flexibility index (Phi) is 11.9. The third-order valence-corrected chi connectivity index (χ3v) is 9.13. The van der Waals surface area contributed by atoms with Crippen LogP contribution in [0, 0.1) is 5.92 Å². The fourth-order valence-electron chi connectivity index (χ4n) is 6.52. The van der Waals surface area contributed by atoms with Gasteiger partial charge in [-0.25, -0.2) is 0 Å². The van der Waals surface area contributed by atoms with Gasteiger partial charge in [-0.3, -0.25) is 19.3 Å². The van der Waals surface area contributed by atoms with E-state index < -0.39 is 17.9 Å². The molecule has 0 aromatic heterocycles. The summed E-state index contributed by atoms with van der Waals surface area (Å²) in [5, 5.41) is 21.3. The normalized spacial score (nSPS) is 22.8. The Morgan fingerprint density at radius 2 is 1.63 bits per heavy atom. The van der Waals surface area contributed by atoms with Gasteiger partial charge in [0.25, 0.3) is 0 Å². The second-order valence-electron chi connectivity index (χ2n) is 14.0. The molecule has 2 fully saturated rings. The molecule has 2 aliphatic rings. The summed E-state index contributed by atoms with van der Waals surface area (Å²) in [7, 11) is 0. The minimum atomic E-state index is -1.01. The van der Waals surface area contributed by atoms with Crippen molar-refractivity contribution in [2.24, 2.45) is 5.92 Å². The van der Waals surface area contributed by atoms with E-state index in [0.717, 1.165) is 52.8 Å². The molecule has 49 heavy (non-hydrogen) atoms. The number of carbonyl (C=O) groups is 3. The topological polar surface area (TPSA) is 135 Å². The van der Waals surface area contributed by atoms with E-state index in [2.05, 4.69) is 17.1 Å². The van der Waals surface area contributed by atoms with Crippen molar-refractivity contribution in [3.05, 3.63) is 95.1 Å². The first-order valence-electron chi connectivity index (χ1n) is 17.1. The van der Waals surface area contributed by atoms with Gasteiger partial charge in [-0.05, 0) is 68.0 Å².